The lowest BCUT2D eigenvalue weighted by molar-refractivity contribution is -0.143. The van der Waals surface area contributed by atoms with Gasteiger partial charge in [0.1, 0.15) is 0 Å². The fourth-order valence-corrected chi connectivity index (χ4v) is 1.62. The van der Waals surface area contributed by atoms with Crippen LogP contribution in [0.3, 0.4) is 0 Å². The smallest absolute Gasteiger partial charge is 0.305 e. The summed E-state index contributed by atoms with van der Waals surface area (Å²) >= 11 is 0. The molecular formula is C9H16O5. The second-order valence-electron chi connectivity index (χ2n) is 3.30. The number of esters is 1. The van der Waals surface area contributed by atoms with Gasteiger partial charge in [-0.1, -0.05) is 0 Å². The van der Waals surface area contributed by atoms with Crippen molar-refractivity contribution >= 4 is 5.97 Å². The van der Waals surface area contributed by atoms with Gasteiger partial charge in [-0.15, -0.1) is 0 Å². The third kappa shape index (κ3) is 2.67. The first-order valence-electron chi connectivity index (χ1n) is 4.57. The fourth-order valence-electron chi connectivity index (χ4n) is 1.62. The van der Waals surface area contributed by atoms with Crippen LogP contribution in [-0.4, -0.2) is 44.3 Å². The summed E-state index contributed by atoms with van der Waals surface area (Å²) < 4.78 is 14.9. The van der Waals surface area contributed by atoms with Crippen molar-refractivity contribution in [1.29, 1.82) is 0 Å². The van der Waals surface area contributed by atoms with Gasteiger partial charge in [0.2, 0.25) is 0 Å². The van der Waals surface area contributed by atoms with Crippen molar-refractivity contribution in [2.75, 3.05) is 20.8 Å². The van der Waals surface area contributed by atoms with Gasteiger partial charge in [0.05, 0.1) is 26.2 Å². The summed E-state index contributed by atoms with van der Waals surface area (Å²) in [5.41, 5.74) is 0. The van der Waals surface area contributed by atoms with Gasteiger partial charge in [-0.25, -0.2) is 0 Å². The highest BCUT2D eigenvalue weighted by Gasteiger charge is 2.36. The van der Waals surface area contributed by atoms with Gasteiger partial charge in [-0.05, 0) is 0 Å². The number of aliphatic hydroxyl groups is 1. The van der Waals surface area contributed by atoms with E-state index in [2.05, 4.69) is 4.74 Å². The maximum Gasteiger partial charge on any atom is 0.305 e. The zero-order valence-corrected chi connectivity index (χ0v) is 8.43. The number of rotatable bonds is 4. The van der Waals surface area contributed by atoms with Crippen LogP contribution in [0.4, 0.5) is 0 Å². The molecule has 82 valence electrons. The van der Waals surface area contributed by atoms with Crippen LogP contribution in [0.25, 0.3) is 0 Å². The normalized spacial score (nSPS) is 31.8. The van der Waals surface area contributed by atoms with E-state index in [0.717, 1.165) is 0 Å². The van der Waals surface area contributed by atoms with E-state index < -0.39 is 0 Å². The Morgan fingerprint density at radius 1 is 1.57 bits per heavy atom. The van der Waals surface area contributed by atoms with Crippen molar-refractivity contribution in [2.24, 2.45) is 5.92 Å². The first-order valence-corrected chi connectivity index (χ1v) is 4.57. The number of carbonyl (C=O) groups excluding carboxylic acids is 1. The van der Waals surface area contributed by atoms with E-state index in [1.165, 1.54) is 7.11 Å². The van der Waals surface area contributed by atoms with Gasteiger partial charge in [-0.2, -0.15) is 0 Å². The van der Waals surface area contributed by atoms with Crippen LogP contribution in [0.15, 0.2) is 0 Å². The van der Waals surface area contributed by atoms with Gasteiger partial charge < -0.3 is 19.3 Å². The van der Waals surface area contributed by atoms with Gasteiger partial charge in [0.15, 0.2) is 6.29 Å². The minimum absolute atomic E-state index is 0.0163. The van der Waals surface area contributed by atoms with Crippen LogP contribution < -0.4 is 0 Å². The van der Waals surface area contributed by atoms with Crippen molar-refractivity contribution in [2.45, 2.75) is 25.2 Å². The van der Waals surface area contributed by atoms with Crippen LogP contribution in [0, 0.1) is 5.92 Å². The summed E-state index contributed by atoms with van der Waals surface area (Å²) in [4.78, 5) is 11.0. The van der Waals surface area contributed by atoms with Crippen LogP contribution in [-0.2, 0) is 19.0 Å². The van der Waals surface area contributed by atoms with Crippen LogP contribution in [0.5, 0.6) is 0 Å². The Kier molecular flexibility index (Phi) is 4.31. The van der Waals surface area contributed by atoms with E-state index in [1.807, 2.05) is 0 Å². The van der Waals surface area contributed by atoms with Crippen molar-refractivity contribution in [3.63, 3.8) is 0 Å². The summed E-state index contributed by atoms with van der Waals surface area (Å²) in [5.74, 6) is -0.300. The van der Waals surface area contributed by atoms with E-state index in [-0.39, 0.29) is 37.3 Å². The van der Waals surface area contributed by atoms with Gasteiger partial charge in [-0.3, -0.25) is 4.79 Å². The molecule has 0 spiro atoms. The summed E-state index contributed by atoms with van der Waals surface area (Å²) in [6, 6.07) is 0. The summed E-state index contributed by atoms with van der Waals surface area (Å²) in [5, 5.41) is 9.00. The lowest BCUT2D eigenvalue weighted by Gasteiger charge is -2.13. The Balaban J connectivity index is 2.46. The topological polar surface area (TPSA) is 65.0 Å². The summed E-state index contributed by atoms with van der Waals surface area (Å²) in [6.07, 6.45) is 0.249. The molecule has 0 aliphatic carbocycles. The van der Waals surface area contributed by atoms with Gasteiger partial charge in [0, 0.05) is 19.4 Å². The molecule has 1 aliphatic heterocycles. The lowest BCUT2D eigenvalue weighted by Crippen LogP contribution is -2.23. The average molecular weight is 204 g/mol. The number of ether oxygens (including phenoxy) is 3. The lowest BCUT2D eigenvalue weighted by atomic mass is 9.98. The van der Waals surface area contributed by atoms with Gasteiger partial charge in [0.25, 0.3) is 0 Å². The molecule has 1 rings (SSSR count). The molecule has 1 fully saturated rings. The molecule has 0 saturated carbocycles. The first kappa shape index (κ1) is 11.4. The number of methoxy groups -OCH3 is 2. The Morgan fingerprint density at radius 2 is 2.29 bits per heavy atom. The van der Waals surface area contributed by atoms with E-state index >= 15 is 0 Å². The van der Waals surface area contributed by atoms with Crippen molar-refractivity contribution in [3.05, 3.63) is 0 Å². The zero-order chi connectivity index (χ0) is 10.6. The molecule has 1 aliphatic rings. The molecule has 14 heavy (non-hydrogen) atoms. The highest BCUT2D eigenvalue weighted by molar-refractivity contribution is 5.69. The number of carbonyl (C=O) groups is 1. The first-order chi connectivity index (χ1) is 6.71. The molecule has 5 heteroatoms. The maximum atomic E-state index is 11.0. The Morgan fingerprint density at radius 3 is 2.79 bits per heavy atom. The predicted octanol–water partition coefficient (Wildman–Crippen LogP) is -0.0806. The zero-order valence-electron chi connectivity index (χ0n) is 8.43. The molecule has 0 bridgehead atoms. The van der Waals surface area contributed by atoms with E-state index in [4.69, 9.17) is 14.6 Å². The monoisotopic (exact) mass is 204 g/mol. The minimum Gasteiger partial charge on any atom is -0.469 e. The van der Waals surface area contributed by atoms with Crippen LogP contribution >= 0.6 is 0 Å². The molecular weight excluding hydrogens is 188 g/mol. The standard InChI is InChI=1S/C9H16O5/c1-12-8(11)3-6-4-9(13-2)14-7(6)5-10/h6-7,9-10H,3-5H2,1-2H3/t6-,7+,9-/m0/s1. The molecule has 0 aromatic heterocycles. The van der Waals surface area contributed by atoms with E-state index in [1.54, 1.807) is 7.11 Å². The highest BCUT2D eigenvalue weighted by atomic mass is 16.7. The molecule has 3 atom stereocenters. The largest absolute Gasteiger partial charge is 0.469 e. The van der Waals surface area contributed by atoms with E-state index in [9.17, 15) is 4.79 Å². The molecule has 5 nitrogen and oxygen atoms in total. The Hall–Kier alpha value is -0.650. The summed E-state index contributed by atoms with van der Waals surface area (Å²) in [6.45, 7) is -0.0957. The number of aliphatic hydroxyl groups excluding tert-OH is 1. The van der Waals surface area contributed by atoms with Crippen LogP contribution in [0.1, 0.15) is 12.8 Å². The molecule has 1 N–H and O–H groups in total. The fraction of sp³-hybridized carbons (Fsp3) is 0.889. The third-order valence-electron chi connectivity index (χ3n) is 2.45. The second kappa shape index (κ2) is 5.29. The second-order valence-corrected chi connectivity index (χ2v) is 3.30. The van der Waals surface area contributed by atoms with E-state index in [0.29, 0.717) is 6.42 Å². The molecule has 0 aromatic carbocycles. The minimum atomic E-state index is -0.320. The molecule has 0 amide bonds. The summed E-state index contributed by atoms with van der Waals surface area (Å²) in [7, 11) is 2.89. The van der Waals surface area contributed by atoms with Crippen molar-refractivity contribution in [3.8, 4) is 0 Å². The quantitative estimate of drug-likeness (QED) is 0.649. The average Bonchev–Trinajstić information content (AvgIpc) is 2.60. The van der Waals surface area contributed by atoms with Crippen LogP contribution in [0.2, 0.25) is 0 Å². The Labute approximate surface area is 82.9 Å². The molecule has 0 aromatic rings. The maximum absolute atomic E-state index is 11.0. The Bertz CT molecular complexity index is 194. The molecule has 1 saturated heterocycles. The SMILES string of the molecule is COC(=O)C[C@H]1C[C@@H](OC)O[C@@H]1CO. The molecule has 0 radical (unpaired) electrons. The number of hydrogen-bond acceptors (Lipinski definition) is 5. The molecule has 1 heterocycles. The van der Waals surface area contributed by atoms with Gasteiger partial charge >= 0.3 is 5.97 Å². The predicted molar refractivity (Wildman–Crippen MR) is 47.5 cm³/mol. The van der Waals surface area contributed by atoms with Crippen molar-refractivity contribution in [1.82, 2.24) is 0 Å². The highest BCUT2D eigenvalue weighted by Crippen LogP contribution is 2.29. The number of hydrogen-bond donors (Lipinski definition) is 1. The molecule has 0 unspecified atom stereocenters. The third-order valence-corrected chi connectivity index (χ3v) is 2.45. The van der Waals surface area contributed by atoms with Crippen molar-refractivity contribution < 1.29 is 24.1 Å².